The van der Waals surface area contributed by atoms with Gasteiger partial charge < -0.3 is 20.1 Å². The fraction of sp³-hybridized carbons (Fsp3) is 0.941. The fourth-order valence-electron chi connectivity index (χ4n) is 2.82. The second kappa shape index (κ2) is 8.73. The lowest BCUT2D eigenvalue weighted by atomic mass is 10.0. The zero-order valence-electron chi connectivity index (χ0n) is 15.1. The molecule has 5 nitrogen and oxygen atoms in total. The molecule has 4 unspecified atom stereocenters. The molecule has 0 bridgehead atoms. The van der Waals surface area contributed by atoms with Gasteiger partial charge in [0.05, 0.1) is 6.10 Å². The molecule has 1 saturated carbocycles. The van der Waals surface area contributed by atoms with Crippen molar-refractivity contribution in [1.82, 2.24) is 10.6 Å². The van der Waals surface area contributed by atoms with E-state index in [0.717, 1.165) is 19.3 Å². The van der Waals surface area contributed by atoms with Crippen LogP contribution in [0.2, 0.25) is 0 Å². The first kappa shape index (κ1) is 19.2. The van der Waals surface area contributed by atoms with Crippen LogP contribution in [-0.2, 0) is 9.47 Å². The molecule has 0 aromatic carbocycles. The maximum Gasteiger partial charge on any atom is 0.407 e. The predicted molar refractivity (Wildman–Crippen MR) is 89.1 cm³/mol. The Morgan fingerprint density at radius 3 is 2.23 bits per heavy atom. The fourth-order valence-corrected chi connectivity index (χ4v) is 2.82. The summed E-state index contributed by atoms with van der Waals surface area (Å²) in [4.78, 5) is 12.1. The first-order chi connectivity index (χ1) is 10.2. The number of alkyl carbamates (subject to hydrolysis) is 1. The van der Waals surface area contributed by atoms with E-state index in [1.807, 2.05) is 20.8 Å². The SMILES string of the molecule is COC(C)C(C)NC1CCCCCC1NC(=O)OC(C)(C)C. The van der Waals surface area contributed by atoms with Gasteiger partial charge in [0.2, 0.25) is 0 Å². The Labute approximate surface area is 135 Å². The van der Waals surface area contributed by atoms with Gasteiger partial charge in [-0.3, -0.25) is 0 Å². The number of rotatable bonds is 5. The number of hydrogen-bond acceptors (Lipinski definition) is 4. The number of amides is 1. The lowest BCUT2D eigenvalue weighted by Crippen LogP contribution is -2.54. The monoisotopic (exact) mass is 314 g/mol. The molecule has 1 fully saturated rings. The first-order valence-corrected chi connectivity index (χ1v) is 8.51. The molecule has 4 atom stereocenters. The van der Waals surface area contributed by atoms with Crippen molar-refractivity contribution >= 4 is 6.09 Å². The molecule has 0 aliphatic heterocycles. The molecule has 0 aromatic rings. The van der Waals surface area contributed by atoms with Crippen molar-refractivity contribution in [2.24, 2.45) is 0 Å². The third-order valence-corrected chi connectivity index (χ3v) is 4.27. The van der Waals surface area contributed by atoms with Crippen LogP contribution in [0.25, 0.3) is 0 Å². The molecule has 22 heavy (non-hydrogen) atoms. The molecule has 130 valence electrons. The maximum atomic E-state index is 12.1. The summed E-state index contributed by atoms with van der Waals surface area (Å²) < 4.78 is 10.8. The highest BCUT2D eigenvalue weighted by Crippen LogP contribution is 2.20. The summed E-state index contributed by atoms with van der Waals surface area (Å²) in [6.45, 7) is 9.85. The van der Waals surface area contributed by atoms with Gasteiger partial charge in [-0.05, 0) is 47.5 Å². The Balaban J connectivity index is 2.63. The average Bonchev–Trinajstić information content (AvgIpc) is 2.61. The van der Waals surface area contributed by atoms with Crippen molar-refractivity contribution in [3.8, 4) is 0 Å². The van der Waals surface area contributed by atoms with Gasteiger partial charge in [-0.1, -0.05) is 19.3 Å². The Hall–Kier alpha value is -0.810. The van der Waals surface area contributed by atoms with Crippen molar-refractivity contribution in [1.29, 1.82) is 0 Å². The van der Waals surface area contributed by atoms with E-state index in [0.29, 0.717) is 0 Å². The highest BCUT2D eigenvalue weighted by Gasteiger charge is 2.29. The molecule has 1 amide bonds. The largest absolute Gasteiger partial charge is 0.444 e. The number of carbonyl (C=O) groups excluding carboxylic acids is 1. The smallest absolute Gasteiger partial charge is 0.407 e. The van der Waals surface area contributed by atoms with Crippen molar-refractivity contribution in [3.05, 3.63) is 0 Å². The van der Waals surface area contributed by atoms with E-state index in [-0.39, 0.29) is 30.3 Å². The van der Waals surface area contributed by atoms with Crippen LogP contribution < -0.4 is 10.6 Å². The van der Waals surface area contributed by atoms with Gasteiger partial charge in [-0.25, -0.2) is 4.79 Å². The number of carbonyl (C=O) groups is 1. The van der Waals surface area contributed by atoms with E-state index in [1.165, 1.54) is 12.8 Å². The lowest BCUT2D eigenvalue weighted by molar-refractivity contribution is 0.0476. The molecule has 0 spiro atoms. The van der Waals surface area contributed by atoms with Crippen molar-refractivity contribution in [3.63, 3.8) is 0 Å². The Morgan fingerprint density at radius 2 is 1.68 bits per heavy atom. The van der Waals surface area contributed by atoms with Crippen LogP contribution >= 0.6 is 0 Å². The molecule has 0 aromatic heterocycles. The minimum absolute atomic E-state index is 0.115. The van der Waals surface area contributed by atoms with E-state index in [2.05, 4.69) is 24.5 Å². The summed E-state index contributed by atoms with van der Waals surface area (Å²) in [5.74, 6) is 0. The number of ether oxygens (including phenoxy) is 2. The minimum atomic E-state index is -0.463. The third kappa shape index (κ3) is 6.97. The highest BCUT2D eigenvalue weighted by molar-refractivity contribution is 5.68. The summed E-state index contributed by atoms with van der Waals surface area (Å²) in [6, 6.07) is 0.627. The molecule has 1 aliphatic carbocycles. The zero-order chi connectivity index (χ0) is 16.8. The van der Waals surface area contributed by atoms with Crippen molar-refractivity contribution < 1.29 is 14.3 Å². The van der Waals surface area contributed by atoms with Gasteiger partial charge >= 0.3 is 6.09 Å². The predicted octanol–water partition coefficient (Wildman–Crippen LogP) is 3.23. The third-order valence-electron chi connectivity index (χ3n) is 4.27. The highest BCUT2D eigenvalue weighted by atomic mass is 16.6. The number of methoxy groups -OCH3 is 1. The summed E-state index contributed by atoms with van der Waals surface area (Å²) in [5.41, 5.74) is -0.463. The Bertz CT molecular complexity index is 341. The van der Waals surface area contributed by atoms with Crippen LogP contribution in [0.15, 0.2) is 0 Å². The average molecular weight is 314 g/mol. The topological polar surface area (TPSA) is 59.6 Å². The summed E-state index contributed by atoms with van der Waals surface area (Å²) in [5, 5.41) is 6.70. The van der Waals surface area contributed by atoms with E-state index in [1.54, 1.807) is 7.11 Å². The lowest BCUT2D eigenvalue weighted by Gasteiger charge is -2.32. The van der Waals surface area contributed by atoms with Crippen molar-refractivity contribution in [2.45, 2.75) is 96.6 Å². The standard InChI is InChI=1S/C17H34N2O3/c1-12(13(2)21-6)18-14-10-8-7-9-11-15(14)19-16(20)22-17(3,4)5/h12-15,18H,7-11H2,1-6H3,(H,19,20). The molecule has 0 radical (unpaired) electrons. The second-order valence-electron chi connectivity index (χ2n) is 7.39. The van der Waals surface area contributed by atoms with Gasteiger partial charge in [0.15, 0.2) is 0 Å². The summed E-state index contributed by atoms with van der Waals surface area (Å²) in [6.07, 6.45) is 5.44. The van der Waals surface area contributed by atoms with Crippen LogP contribution in [0, 0.1) is 0 Å². The van der Waals surface area contributed by atoms with Crippen LogP contribution in [0.4, 0.5) is 4.79 Å². The van der Waals surface area contributed by atoms with Crippen LogP contribution in [0.5, 0.6) is 0 Å². The molecule has 1 rings (SSSR count). The Kier molecular flexibility index (Phi) is 7.63. The van der Waals surface area contributed by atoms with Gasteiger partial charge in [-0.2, -0.15) is 0 Å². The van der Waals surface area contributed by atoms with Gasteiger partial charge in [-0.15, -0.1) is 0 Å². The van der Waals surface area contributed by atoms with Gasteiger partial charge in [0.1, 0.15) is 5.60 Å². The molecular formula is C17H34N2O3. The molecule has 2 N–H and O–H groups in total. The maximum absolute atomic E-state index is 12.1. The van der Waals surface area contributed by atoms with Gasteiger partial charge in [0, 0.05) is 25.2 Å². The van der Waals surface area contributed by atoms with Crippen LogP contribution in [0.1, 0.15) is 66.7 Å². The van der Waals surface area contributed by atoms with E-state index >= 15 is 0 Å². The van der Waals surface area contributed by atoms with Crippen LogP contribution in [0.3, 0.4) is 0 Å². The molecule has 0 saturated heterocycles. The normalized spacial score (nSPS) is 25.9. The first-order valence-electron chi connectivity index (χ1n) is 8.51. The number of nitrogens with one attached hydrogen (secondary N) is 2. The second-order valence-corrected chi connectivity index (χ2v) is 7.39. The molecule has 5 heteroatoms. The summed E-state index contributed by atoms with van der Waals surface area (Å²) >= 11 is 0. The minimum Gasteiger partial charge on any atom is -0.444 e. The van der Waals surface area contributed by atoms with Crippen LogP contribution in [-0.4, -0.2) is 43.0 Å². The summed E-state index contributed by atoms with van der Waals surface area (Å²) in [7, 11) is 1.73. The molecule has 0 heterocycles. The Morgan fingerprint density at radius 1 is 1.09 bits per heavy atom. The van der Waals surface area contributed by atoms with Gasteiger partial charge in [0.25, 0.3) is 0 Å². The zero-order valence-corrected chi connectivity index (χ0v) is 15.1. The molecule has 1 aliphatic rings. The number of hydrogen-bond donors (Lipinski definition) is 2. The molecular weight excluding hydrogens is 280 g/mol. The van der Waals surface area contributed by atoms with E-state index in [9.17, 15) is 4.79 Å². The quantitative estimate of drug-likeness (QED) is 0.765. The van der Waals surface area contributed by atoms with E-state index in [4.69, 9.17) is 9.47 Å². The van der Waals surface area contributed by atoms with Crippen molar-refractivity contribution in [2.75, 3.05) is 7.11 Å². The van der Waals surface area contributed by atoms with E-state index < -0.39 is 5.60 Å².